The standard InChI is InChI=1S/C15H26O.C15H14O.H2/c2*1-2-15(16)14-10-8-13(9-11-14)12-6-4-3-5-7-12;/h12-14H,2-11H2,1H3;3-11H,2H2,1H3;1H. The Balaban J connectivity index is 0.000000227. The SMILES string of the molecule is CCC(=O)C1CCC(C2CCCCC2)CC1.CCC(=O)c1ccc(-c2ccccc2)cc1.[HH]. The summed E-state index contributed by atoms with van der Waals surface area (Å²) in [4.78, 5) is 23.1. The maximum Gasteiger partial charge on any atom is 0.162 e. The molecule has 0 amide bonds. The monoisotopic (exact) mass is 434 g/mol. The van der Waals surface area contributed by atoms with Crippen molar-refractivity contribution in [3.05, 3.63) is 60.2 Å². The van der Waals surface area contributed by atoms with Crippen LogP contribution in [0.1, 0.15) is 96.3 Å². The number of carbonyl (C=O) groups excluding carboxylic acids is 2. The molecule has 0 saturated heterocycles. The van der Waals surface area contributed by atoms with Gasteiger partial charge in [-0.2, -0.15) is 0 Å². The van der Waals surface area contributed by atoms with Crippen LogP contribution >= 0.6 is 0 Å². The summed E-state index contributed by atoms with van der Waals surface area (Å²) in [6.07, 6.45) is 13.7. The number of hydrogen-bond donors (Lipinski definition) is 0. The summed E-state index contributed by atoms with van der Waals surface area (Å²) in [5, 5.41) is 0. The van der Waals surface area contributed by atoms with Gasteiger partial charge in [-0.3, -0.25) is 9.59 Å². The molecule has 0 aromatic heterocycles. The maximum absolute atomic E-state index is 11.6. The number of carbonyl (C=O) groups is 2. The highest BCUT2D eigenvalue weighted by Crippen LogP contribution is 2.40. The fourth-order valence-corrected chi connectivity index (χ4v) is 5.49. The molecular weight excluding hydrogens is 392 g/mol. The van der Waals surface area contributed by atoms with E-state index < -0.39 is 0 Å². The van der Waals surface area contributed by atoms with E-state index in [1.165, 1.54) is 63.4 Å². The van der Waals surface area contributed by atoms with Crippen molar-refractivity contribution < 1.29 is 11.0 Å². The maximum atomic E-state index is 11.6. The molecule has 2 saturated carbocycles. The predicted molar refractivity (Wildman–Crippen MR) is 136 cm³/mol. The highest BCUT2D eigenvalue weighted by atomic mass is 16.1. The van der Waals surface area contributed by atoms with Gasteiger partial charge in [0.15, 0.2) is 5.78 Å². The van der Waals surface area contributed by atoms with E-state index in [0.717, 1.165) is 29.4 Å². The Labute approximate surface area is 196 Å². The minimum absolute atomic E-state index is 0. The molecule has 0 N–H and O–H groups in total. The average molecular weight is 435 g/mol. The summed E-state index contributed by atoms with van der Waals surface area (Å²) in [6, 6.07) is 17.9. The first-order valence-corrected chi connectivity index (χ1v) is 12.8. The molecule has 174 valence electrons. The molecule has 0 heterocycles. The molecule has 0 bridgehead atoms. The van der Waals surface area contributed by atoms with Crippen molar-refractivity contribution in [2.24, 2.45) is 17.8 Å². The van der Waals surface area contributed by atoms with E-state index in [2.05, 4.69) is 12.1 Å². The van der Waals surface area contributed by atoms with Gasteiger partial charge in [0.25, 0.3) is 0 Å². The molecule has 2 aliphatic rings. The summed E-state index contributed by atoms with van der Waals surface area (Å²) in [7, 11) is 0. The highest BCUT2D eigenvalue weighted by Gasteiger charge is 2.30. The Hall–Kier alpha value is -2.22. The van der Waals surface area contributed by atoms with Crippen LogP contribution < -0.4 is 0 Å². The smallest absolute Gasteiger partial charge is 0.162 e. The lowest BCUT2D eigenvalue weighted by molar-refractivity contribution is -0.123. The number of benzene rings is 2. The van der Waals surface area contributed by atoms with Gasteiger partial charge >= 0.3 is 0 Å². The van der Waals surface area contributed by atoms with Crippen molar-refractivity contribution in [3.63, 3.8) is 0 Å². The highest BCUT2D eigenvalue weighted by molar-refractivity contribution is 5.96. The van der Waals surface area contributed by atoms with Crippen molar-refractivity contribution in [3.8, 4) is 11.1 Å². The molecule has 4 rings (SSSR count). The number of rotatable bonds is 6. The zero-order valence-corrected chi connectivity index (χ0v) is 20.0. The summed E-state index contributed by atoms with van der Waals surface area (Å²) in [6.45, 7) is 3.89. The fourth-order valence-electron chi connectivity index (χ4n) is 5.49. The second-order valence-corrected chi connectivity index (χ2v) is 9.55. The molecular formula is C30H42O2. The van der Waals surface area contributed by atoms with Gasteiger partial charge in [0, 0.05) is 25.7 Å². The van der Waals surface area contributed by atoms with Gasteiger partial charge in [0.2, 0.25) is 0 Å². The summed E-state index contributed by atoms with van der Waals surface area (Å²) in [5.74, 6) is 3.10. The Morgan fingerprint density at radius 2 is 1.25 bits per heavy atom. The van der Waals surface area contributed by atoms with Gasteiger partial charge in [-0.1, -0.05) is 101 Å². The van der Waals surface area contributed by atoms with Crippen LogP contribution in [0.15, 0.2) is 54.6 Å². The molecule has 2 aromatic rings. The second-order valence-electron chi connectivity index (χ2n) is 9.55. The van der Waals surface area contributed by atoms with E-state index in [-0.39, 0.29) is 7.21 Å². The van der Waals surface area contributed by atoms with Gasteiger partial charge in [0.05, 0.1) is 0 Å². The third-order valence-corrected chi connectivity index (χ3v) is 7.53. The minimum atomic E-state index is 0. The van der Waals surface area contributed by atoms with E-state index in [9.17, 15) is 9.59 Å². The Morgan fingerprint density at radius 3 is 1.81 bits per heavy atom. The van der Waals surface area contributed by atoms with Crippen LogP contribution in [0.25, 0.3) is 11.1 Å². The van der Waals surface area contributed by atoms with Crippen molar-refractivity contribution >= 4 is 11.6 Å². The third kappa shape index (κ3) is 6.89. The first-order valence-electron chi connectivity index (χ1n) is 12.8. The topological polar surface area (TPSA) is 34.1 Å². The third-order valence-electron chi connectivity index (χ3n) is 7.53. The molecule has 2 heteroatoms. The average Bonchev–Trinajstić information content (AvgIpc) is 2.89. The van der Waals surface area contributed by atoms with Gasteiger partial charge in [-0.05, 0) is 48.6 Å². The Bertz CT molecular complexity index is 829. The number of ketones is 2. The molecule has 32 heavy (non-hydrogen) atoms. The number of Topliss-reactive ketones (excluding diaryl/α,β-unsaturated/α-hetero) is 2. The van der Waals surface area contributed by atoms with Gasteiger partial charge in [-0.25, -0.2) is 0 Å². The minimum Gasteiger partial charge on any atom is -0.299 e. The quantitative estimate of drug-likeness (QED) is 0.427. The molecule has 2 aliphatic carbocycles. The number of hydrogen-bond acceptors (Lipinski definition) is 2. The van der Waals surface area contributed by atoms with Crippen LogP contribution in [0.2, 0.25) is 0 Å². The molecule has 2 aromatic carbocycles. The lowest BCUT2D eigenvalue weighted by atomic mass is 9.70. The molecule has 0 atom stereocenters. The van der Waals surface area contributed by atoms with Crippen LogP contribution in [-0.4, -0.2) is 11.6 Å². The normalized spacial score (nSPS) is 21.3. The fraction of sp³-hybridized carbons (Fsp3) is 0.533. The molecule has 2 nitrogen and oxygen atoms in total. The molecule has 0 aliphatic heterocycles. The molecule has 0 unspecified atom stereocenters. The molecule has 2 fully saturated rings. The van der Waals surface area contributed by atoms with E-state index >= 15 is 0 Å². The van der Waals surface area contributed by atoms with Crippen molar-refractivity contribution in [2.75, 3.05) is 0 Å². The van der Waals surface area contributed by atoms with Gasteiger partial charge in [0.1, 0.15) is 5.78 Å². The van der Waals surface area contributed by atoms with Crippen LogP contribution in [0.3, 0.4) is 0 Å². The van der Waals surface area contributed by atoms with Crippen molar-refractivity contribution in [1.82, 2.24) is 0 Å². The van der Waals surface area contributed by atoms with E-state index in [0.29, 0.717) is 18.1 Å². The van der Waals surface area contributed by atoms with Crippen LogP contribution in [0, 0.1) is 17.8 Å². The van der Waals surface area contributed by atoms with Crippen molar-refractivity contribution in [2.45, 2.75) is 84.5 Å². The first kappa shape index (κ1) is 24.4. The Morgan fingerprint density at radius 1 is 0.688 bits per heavy atom. The summed E-state index contributed by atoms with van der Waals surface area (Å²) < 4.78 is 0. The summed E-state index contributed by atoms with van der Waals surface area (Å²) >= 11 is 0. The largest absolute Gasteiger partial charge is 0.299 e. The van der Waals surface area contributed by atoms with E-state index in [1.54, 1.807) is 0 Å². The summed E-state index contributed by atoms with van der Waals surface area (Å²) in [5.41, 5.74) is 3.12. The Kier molecular flexibility index (Phi) is 9.71. The zero-order valence-electron chi connectivity index (χ0n) is 20.0. The van der Waals surface area contributed by atoms with Crippen LogP contribution in [0.5, 0.6) is 0 Å². The van der Waals surface area contributed by atoms with E-state index in [1.807, 2.05) is 56.3 Å². The van der Waals surface area contributed by atoms with E-state index in [4.69, 9.17) is 0 Å². The van der Waals surface area contributed by atoms with Gasteiger partial charge in [-0.15, -0.1) is 0 Å². The van der Waals surface area contributed by atoms with Gasteiger partial charge < -0.3 is 0 Å². The molecule has 0 radical (unpaired) electrons. The van der Waals surface area contributed by atoms with Crippen LogP contribution in [-0.2, 0) is 4.79 Å². The van der Waals surface area contributed by atoms with Crippen molar-refractivity contribution in [1.29, 1.82) is 0 Å². The first-order chi connectivity index (χ1) is 15.6. The lowest BCUT2D eigenvalue weighted by Gasteiger charge is -2.35. The lowest BCUT2D eigenvalue weighted by Crippen LogP contribution is -2.26. The van der Waals surface area contributed by atoms with Crippen LogP contribution in [0.4, 0.5) is 0 Å². The molecule has 0 spiro atoms. The predicted octanol–water partition coefficient (Wildman–Crippen LogP) is 8.54. The second kappa shape index (κ2) is 12.7. The zero-order chi connectivity index (χ0) is 22.8.